The molecule has 0 aliphatic carbocycles. The fourth-order valence-electron chi connectivity index (χ4n) is 1.19. The van der Waals surface area contributed by atoms with Gasteiger partial charge < -0.3 is 10.0 Å². The number of fused-ring (bicyclic) bond motifs is 1. The molecule has 2 nitrogen and oxygen atoms in total. The largest absolute Gasteiger partial charge is 0.506 e. The van der Waals surface area contributed by atoms with Crippen molar-refractivity contribution in [1.29, 1.82) is 0 Å². The third-order valence-electron chi connectivity index (χ3n) is 1.75. The molecule has 1 N–H and O–H groups in total. The van der Waals surface area contributed by atoms with Crippen molar-refractivity contribution in [1.82, 2.24) is 4.90 Å². The maximum atomic E-state index is 9.13. The van der Waals surface area contributed by atoms with Crippen LogP contribution < -0.4 is 0 Å². The summed E-state index contributed by atoms with van der Waals surface area (Å²) in [5, 5.41) is 9.13. The maximum Gasteiger partial charge on any atom is 0.131 e. The van der Waals surface area contributed by atoms with E-state index in [1.54, 1.807) is 12.3 Å². The highest BCUT2D eigenvalue weighted by molar-refractivity contribution is 5.35. The van der Waals surface area contributed by atoms with Gasteiger partial charge in [-0.25, -0.2) is 0 Å². The normalized spacial score (nSPS) is 20.9. The highest BCUT2D eigenvalue weighted by atomic mass is 16.3. The topological polar surface area (TPSA) is 23.5 Å². The molecule has 0 bridgehead atoms. The molecule has 2 heterocycles. The van der Waals surface area contributed by atoms with Crippen molar-refractivity contribution in [2.24, 2.45) is 0 Å². The number of aliphatic hydroxyl groups is 1. The Balaban J connectivity index is 2.33. The van der Waals surface area contributed by atoms with Crippen LogP contribution in [0.3, 0.4) is 0 Å². The van der Waals surface area contributed by atoms with Crippen LogP contribution >= 0.6 is 0 Å². The van der Waals surface area contributed by atoms with Crippen molar-refractivity contribution >= 4 is 0 Å². The molecule has 11 heavy (non-hydrogen) atoms. The lowest BCUT2D eigenvalue weighted by Crippen LogP contribution is -2.20. The Morgan fingerprint density at radius 3 is 3.18 bits per heavy atom. The summed E-state index contributed by atoms with van der Waals surface area (Å²) in [5.41, 5.74) is 1.13. The van der Waals surface area contributed by atoms with Crippen molar-refractivity contribution in [2.75, 3.05) is 6.54 Å². The molecule has 0 amide bonds. The number of aliphatic hydroxyl groups excluding tert-OH is 1. The third kappa shape index (κ3) is 1.07. The van der Waals surface area contributed by atoms with Gasteiger partial charge in [-0.2, -0.15) is 0 Å². The van der Waals surface area contributed by atoms with Gasteiger partial charge in [0.15, 0.2) is 0 Å². The van der Waals surface area contributed by atoms with Gasteiger partial charge in [-0.15, -0.1) is 0 Å². The minimum atomic E-state index is 0.317. The second-order valence-corrected chi connectivity index (χ2v) is 2.56. The molecule has 2 aliphatic heterocycles. The second-order valence-electron chi connectivity index (χ2n) is 2.56. The van der Waals surface area contributed by atoms with Crippen LogP contribution in [0.15, 0.2) is 48.0 Å². The van der Waals surface area contributed by atoms with E-state index in [1.807, 2.05) is 29.2 Å². The number of nitrogens with zero attached hydrogens (tertiary/aromatic N) is 1. The van der Waals surface area contributed by atoms with Crippen LogP contribution in [0.5, 0.6) is 0 Å². The van der Waals surface area contributed by atoms with E-state index in [4.69, 9.17) is 5.11 Å². The summed E-state index contributed by atoms with van der Waals surface area (Å²) in [7, 11) is 0. The average Bonchev–Trinajstić information content (AvgIpc) is 2.04. The van der Waals surface area contributed by atoms with Crippen molar-refractivity contribution in [3.63, 3.8) is 0 Å². The molecule has 56 valence electrons. The van der Waals surface area contributed by atoms with Crippen LogP contribution in [0.4, 0.5) is 0 Å². The predicted octanol–water partition coefficient (Wildman–Crippen LogP) is 1.71. The second kappa shape index (κ2) is 2.31. The first-order chi connectivity index (χ1) is 5.36. The quantitative estimate of drug-likeness (QED) is 0.563. The first-order valence-electron chi connectivity index (χ1n) is 3.58. The molecule has 0 unspecified atom stereocenters. The highest BCUT2D eigenvalue weighted by Gasteiger charge is 2.09. The lowest BCUT2D eigenvalue weighted by molar-refractivity contribution is 0.396. The summed E-state index contributed by atoms with van der Waals surface area (Å²) in [6, 6.07) is 0. The molecule has 0 aromatic rings. The number of hydrogen-bond acceptors (Lipinski definition) is 2. The van der Waals surface area contributed by atoms with Crippen LogP contribution in [-0.2, 0) is 0 Å². The Morgan fingerprint density at radius 2 is 2.27 bits per heavy atom. The Labute approximate surface area is 65.4 Å². The smallest absolute Gasteiger partial charge is 0.131 e. The van der Waals surface area contributed by atoms with Gasteiger partial charge >= 0.3 is 0 Å². The van der Waals surface area contributed by atoms with Gasteiger partial charge in [0.2, 0.25) is 0 Å². The van der Waals surface area contributed by atoms with Crippen LogP contribution in [0.25, 0.3) is 0 Å². The zero-order valence-corrected chi connectivity index (χ0v) is 6.07. The summed E-state index contributed by atoms with van der Waals surface area (Å²) < 4.78 is 0. The van der Waals surface area contributed by atoms with E-state index < -0.39 is 0 Å². The summed E-state index contributed by atoms with van der Waals surface area (Å²) in [6.45, 7) is 0.847. The fraction of sp³-hybridized carbons (Fsp3) is 0.111. The standard InChI is InChI=1S/C9H9NO/c11-9-5-4-8-3-1-2-6-10(8)7-9/h1-5,7,11H,6H2. The van der Waals surface area contributed by atoms with Crippen LogP contribution in [0, 0.1) is 0 Å². The monoisotopic (exact) mass is 147 g/mol. The molecule has 0 aromatic carbocycles. The molecule has 0 radical (unpaired) electrons. The maximum absolute atomic E-state index is 9.13. The first-order valence-corrected chi connectivity index (χ1v) is 3.58. The van der Waals surface area contributed by atoms with E-state index in [-0.39, 0.29) is 0 Å². The minimum Gasteiger partial charge on any atom is -0.506 e. The van der Waals surface area contributed by atoms with Crippen molar-refractivity contribution in [3.8, 4) is 0 Å². The van der Waals surface area contributed by atoms with Gasteiger partial charge in [0, 0.05) is 18.4 Å². The van der Waals surface area contributed by atoms with Crippen LogP contribution in [0.2, 0.25) is 0 Å². The Morgan fingerprint density at radius 1 is 1.36 bits per heavy atom. The van der Waals surface area contributed by atoms with Gasteiger partial charge in [0.25, 0.3) is 0 Å². The van der Waals surface area contributed by atoms with Crippen molar-refractivity contribution in [3.05, 3.63) is 48.0 Å². The molecule has 2 rings (SSSR count). The molecule has 0 fully saturated rings. The van der Waals surface area contributed by atoms with Gasteiger partial charge in [-0.1, -0.05) is 12.2 Å². The van der Waals surface area contributed by atoms with Crippen LogP contribution in [0.1, 0.15) is 0 Å². The molecule has 2 aliphatic rings. The molecule has 0 saturated carbocycles. The van der Waals surface area contributed by atoms with Gasteiger partial charge in [0.1, 0.15) is 5.76 Å². The predicted molar refractivity (Wildman–Crippen MR) is 43.8 cm³/mol. The van der Waals surface area contributed by atoms with E-state index in [1.165, 1.54) is 0 Å². The van der Waals surface area contributed by atoms with Gasteiger partial charge in [-0.3, -0.25) is 0 Å². The summed E-state index contributed by atoms with van der Waals surface area (Å²) in [4.78, 5) is 2.00. The van der Waals surface area contributed by atoms with E-state index in [0.717, 1.165) is 12.2 Å². The van der Waals surface area contributed by atoms with E-state index in [9.17, 15) is 0 Å². The molecular weight excluding hydrogens is 138 g/mol. The van der Waals surface area contributed by atoms with Crippen LogP contribution in [-0.4, -0.2) is 16.6 Å². The first kappa shape index (κ1) is 6.28. The number of hydrogen-bond donors (Lipinski definition) is 1. The van der Waals surface area contributed by atoms with E-state index >= 15 is 0 Å². The SMILES string of the molecule is OC1=CN2CC=CC=C2C=C1. The van der Waals surface area contributed by atoms with Crippen molar-refractivity contribution in [2.45, 2.75) is 0 Å². The summed E-state index contributed by atoms with van der Waals surface area (Å²) in [6.07, 6.45) is 11.4. The molecule has 0 atom stereocenters. The fourth-order valence-corrected chi connectivity index (χ4v) is 1.19. The Hall–Kier alpha value is -1.44. The zero-order valence-electron chi connectivity index (χ0n) is 6.07. The molecule has 0 saturated heterocycles. The van der Waals surface area contributed by atoms with Gasteiger partial charge in [-0.05, 0) is 18.2 Å². The van der Waals surface area contributed by atoms with Crippen molar-refractivity contribution < 1.29 is 5.11 Å². The summed E-state index contributed by atoms with van der Waals surface area (Å²) >= 11 is 0. The summed E-state index contributed by atoms with van der Waals surface area (Å²) in [5.74, 6) is 0.317. The minimum absolute atomic E-state index is 0.317. The lowest BCUT2D eigenvalue weighted by atomic mass is 10.2. The van der Waals surface area contributed by atoms with E-state index in [0.29, 0.717) is 5.76 Å². The number of allylic oxidation sites excluding steroid dienone is 4. The highest BCUT2D eigenvalue weighted by Crippen LogP contribution is 2.17. The average molecular weight is 147 g/mol. The molecular formula is C9H9NO. The molecule has 0 aromatic heterocycles. The Kier molecular flexibility index (Phi) is 1.32. The third-order valence-corrected chi connectivity index (χ3v) is 1.75. The Bertz CT molecular complexity index is 284. The van der Waals surface area contributed by atoms with E-state index in [2.05, 4.69) is 0 Å². The van der Waals surface area contributed by atoms with Gasteiger partial charge in [0.05, 0.1) is 0 Å². The number of rotatable bonds is 0. The molecule has 2 heteroatoms. The molecule has 0 spiro atoms. The zero-order chi connectivity index (χ0) is 7.68. The lowest BCUT2D eigenvalue weighted by Gasteiger charge is -2.24.